The maximum atomic E-state index is 9.23. The molecule has 1 aliphatic rings. The fourth-order valence-electron chi connectivity index (χ4n) is 1.66. The van der Waals surface area contributed by atoms with Crippen molar-refractivity contribution in [2.24, 2.45) is 0 Å². The minimum atomic E-state index is -0.409. The van der Waals surface area contributed by atoms with Crippen LogP contribution in [0.3, 0.4) is 0 Å². The molecular weight excluding hydrogens is 194 g/mol. The van der Waals surface area contributed by atoms with E-state index in [0.717, 1.165) is 30.0 Å². The summed E-state index contributed by atoms with van der Waals surface area (Å²) >= 11 is 1.70. The molecule has 1 aromatic heterocycles. The van der Waals surface area contributed by atoms with Gasteiger partial charge in [0.1, 0.15) is 11.1 Å². The van der Waals surface area contributed by atoms with Gasteiger partial charge in [-0.1, -0.05) is 0 Å². The number of aromatic nitrogens is 2. The normalized spacial score (nSPS) is 26.0. The van der Waals surface area contributed by atoms with Crippen molar-refractivity contribution in [3.63, 3.8) is 0 Å². The van der Waals surface area contributed by atoms with Gasteiger partial charge in [0.2, 0.25) is 0 Å². The second-order valence-electron chi connectivity index (χ2n) is 3.44. The molecule has 4 heteroatoms. The van der Waals surface area contributed by atoms with Crippen molar-refractivity contribution in [3.05, 3.63) is 23.8 Å². The Morgan fingerprint density at radius 2 is 2.43 bits per heavy atom. The molecule has 1 aliphatic heterocycles. The smallest absolute Gasteiger partial charge is 0.144 e. The third-order valence-electron chi connectivity index (χ3n) is 2.42. The van der Waals surface area contributed by atoms with Gasteiger partial charge in [-0.05, 0) is 31.6 Å². The average Bonchev–Trinajstić information content (AvgIpc) is 2.67. The van der Waals surface area contributed by atoms with Crippen molar-refractivity contribution in [2.75, 3.05) is 5.75 Å². The standard InChI is InChI=1S/C10H11N3S/c1-8-5-9(13-7-12-8)10(6-11)3-2-4-14-10/h5,7H,2-4H2,1H3. The summed E-state index contributed by atoms with van der Waals surface area (Å²) in [5.41, 5.74) is 1.80. The SMILES string of the molecule is Cc1cc(C2(C#N)CCCS2)ncn1. The Labute approximate surface area is 87.6 Å². The number of hydrogen-bond donors (Lipinski definition) is 0. The molecule has 0 spiro atoms. The van der Waals surface area contributed by atoms with Crippen molar-refractivity contribution < 1.29 is 0 Å². The zero-order chi connectivity index (χ0) is 10.0. The molecule has 0 amide bonds. The first-order valence-corrected chi connectivity index (χ1v) is 5.60. The second kappa shape index (κ2) is 3.58. The van der Waals surface area contributed by atoms with Crippen molar-refractivity contribution in [2.45, 2.75) is 24.5 Å². The number of nitriles is 1. The molecule has 0 aromatic carbocycles. The Morgan fingerprint density at radius 1 is 1.57 bits per heavy atom. The van der Waals surface area contributed by atoms with Crippen LogP contribution in [0.4, 0.5) is 0 Å². The summed E-state index contributed by atoms with van der Waals surface area (Å²) < 4.78 is -0.409. The van der Waals surface area contributed by atoms with Crippen molar-refractivity contribution in [1.29, 1.82) is 5.26 Å². The molecule has 1 aromatic rings. The van der Waals surface area contributed by atoms with Gasteiger partial charge in [-0.2, -0.15) is 5.26 Å². The minimum Gasteiger partial charge on any atom is -0.242 e. The van der Waals surface area contributed by atoms with Gasteiger partial charge in [-0.25, -0.2) is 9.97 Å². The van der Waals surface area contributed by atoms with E-state index < -0.39 is 4.75 Å². The number of nitrogens with zero attached hydrogens (tertiary/aromatic N) is 3. The average molecular weight is 205 g/mol. The van der Waals surface area contributed by atoms with Crippen LogP contribution in [0.2, 0.25) is 0 Å². The monoisotopic (exact) mass is 205 g/mol. The zero-order valence-electron chi connectivity index (χ0n) is 8.03. The highest BCUT2D eigenvalue weighted by Gasteiger charge is 2.38. The highest BCUT2D eigenvalue weighted by molar-refractivity contribution is 8.00. The first kappa shape index (κ1) is 9.47. The molecule has 1 atom stereocenters. The fourth-order valence-corrected chi connectivity index (χ4v) is 2.91. The molecule has 14 heavy (non-hydrogen) atoms. The van der Waals surface area contributed by atoms with Crippen LogP contribution in [0.25, 0.3) is 0 Å². The van der Waals surface area contributed by atoms with Crippen LogP contribution in [0, 0.1) is 18.3 Å². The van der Waals surface area contributed by atoms with Crippen molar-refractivity contribution >= 4 is 11.8 Å². The lowest BCUT2D eigenvalue weighted by Gasteiger charge is -2.18. The number of aryl methyl sites for hydroxylation is 1. The third-order valence-corrected chi connectivity index (χ3v) is 3.91. The molecule has 0 saturated carbocycles. The molecule has 0 radical (unpaired) electrons. The quantitative estimate of drug-likeness (QED) is 0.704. The summed E-state index contributed by atoms with van der Waals surface area (Å²) in [5, 5.41) is 9.23. The van der Waals surface area contributed by atoms with Crippen LogP contribution >= 0.6 is 11.8 Å². The second-order valence-corrected chi connectivity index (χ2v) is 4.83. The molecule has 0 N–H and O–H groups in total. The van der Waals surface area contributed by atoms with Crippen LogP contribution in [-0.2, 0) is 4.75 Å². The molecule has 1 fully saturated rings. The first-order valence-electron chi connectivity index (χ1n) is 4.61. The Kier molecular flexibility index (Phi) is 2.42. The van der Waals surface area contributed by atoms with E-state index >= 15 is 0 Å². The Morgan fingerprint density at radius 3 is 3.00 bits per heavy atom. The van der Waals surface area contributed by atoms with E-state index in [1.165, 1.54) is 0 Å². The molecule has 0 aliphatic carbocycles. The Hall–Kier alpha value is -1.08. The lowest BCUT2D eigenvalue weighted by Crippen LogP contribution is -2.17. The fraction of sp³-hybridized carbons (Fsp3) is 0.500. The Balaban J connectivity index is 2.42. The largest absolute Gasteiger partial charge is 0.242 e. The highest BCUT2D eigenvalue weighted by Crippen LogP contribution is 2.45. The van der Waals surface area contributed by atoms with Gasteiger partial charge in [-0.15, -0.1) is 11.8 Å². The summed E-state index contributed by atoms with van der Waals surface area (Å²) in [4.78, 5) is 8.26. The lowest BCUT2D eigenvalue weighted by atomic mass is 10.0. The van der Waals surface area contributed by atoms with Gasteiger partial charge < -0.3 is 0 Å². The minimum absolute atomic E-state index is 0.409. The van der Waals surface area contributed by atoms with Crippen LogP contribution in [0.1, 0.15) is 24.2 Å². The maximum absolute atomic E-state index is 9.23. The molecule has 2 rings (SSSR count). The summed E-state index contributed by atoms with van der Waals surface area (Å²) in [5.74, 6) is 1.05. The molecular formula is C10H11N3S. The van der Waals surface area contributed by atoms with E-state index in [1.54, 1.807) is 18.1 Å². The topological polar surface area (TPSA) is 49.6 Å². The van der Waals surface area contributed by atoms with Gasteiger partial charge >= 0.3 is 0 Å². The zero-order valence-corrected chi connectivity index (χ0v) is 8.84. The molecule has 1 unspecified atom stereocenters. The van der Waals surface area contributed by atoms with Crippen molar-refractivity contribution in [1.82, 2.24) is 9.97 Å². The molecule has 3 nitrogen and oxygen atoms in total. The third kappa shape index (κ3) is 1.48. The predicted octanol–water partition coefficient (Wildman–Crippen LogP) is 2.03. The number of rotatable bonds is 1. The van der Waals surface area contributed by atoms with Crippen LogP contribution in [0.5, 0.6) is 0 Å². The van der Waals surface area contributed by atoms with Gasteiger partial charge in [0.25, 0.3) is 0 Å². The first-order chi connectivity index (χ1) is 6.77. The lowest BCUT2D eigenvalue weighted by molar-refractivity contribution is 0.693. The van der Waals surface area contributed by atoms with Gasteiger partial charge in [0.15, 0.2) is 0 Å². The summed E-state index contributed by atoms with van der Waals surface area (Å²) in [6.45, 7) is 1.93. The van der Waals surface area contributed by atoms with Crippen LogP contribution < -0.4 is 0 Å². The van der Waals surface area contributed by atoms with Crippen molar-refractivity contribution in [3.8, 4) is 6.07 Å². The van der Waals surface area contributed by atoms with E-state index in [1.807, 2.05) is 13.0 Å². The van der Waals surface area contributed by atoms with E-state index in [9.17, 15) is 5.26 Å². The van der Waals surface area contributed by atoms with Crippen LogP contribution in [0.15, 0.2) is 12.4 Å². The van der Waals surface area contributed by atoms with Gasteiger partial charge in [-0.3, -0.25) is 0 Å². The maximum Gasteiger partial charge on any atom is 0.144 e. The van der Waals surface area contributed by atoms with Gasteiger partial charge in [0.05, 0.1) is 11.8 Å². The Bertz CT molecular complexity index is 377. The molecule has 0 bridgehead atoms. The van der Waals surface area contributed by atoms with E-state index in [4.69, 9.17) is 0 Å². The van der Waals surface area contributed by atoms with E-state index in [0.29, 0.717) is 0 Å². The summed E-state index contributed by atoms with van der Waals surface area (Å²) in [6.07, 6.45) is 3.55. The van der Waals surface area contributed by atoms with Gasteiger partial charge in [0, 0.05) is 5.69 Å². The van der Waals surface area contributed by atoms with Crippen LogP contribution in [-0.4, -0.2) is 15.7 Å². The summed E-state index contributed by atoms with van der Waals surface area (Å²) in [6, 6.07) is 4.31. The number of hydrogen-bond acceptors (Lipinski definition) is 4. The molecule has 72 valence electrons. The molecule has 2 heterocycles. The molecule has 1 saturated heterocycles. The predicted molar refractivity (Wildman–Crippen MR) is 55.8 cm³/mol. The number of thioether (sulfide) groups is 1. The van der Waals surface area contributed by atoms with E-state index in [-0.39, 0.29) is 0 Å². The van der Waals surface area contributed by atoms with E-state index in [2.05, 4.69) is 16.0 Å². The summed E-state index contributed by atoms with van der Waals surface area (Å²) in [7, 11) is 0. The highest BCUT2D eigenvalue weighted by atomic mass is 32.2.